The maximum Gasteiger partial charge on any atom is 0.251 e. The molecule has 3 aromatic rings. The standard InChI is InChI=1S/C24H23FN2O2/c25-21-13-11-18(12-14-21)15-16-26-23(28)17-22(19-7-3-1-4-8-19)27-24(29)20-9-5-2-6-10-20/h1-14,22H,15-17H2,(H,26,28)(H,27,29)/t22-/m1/s1. The second kappa shape index (κ2) is 10.2. The van der Waals surface area contributed by atoms with Gasteiger partial charge in [0.1, 0.15) is 5.82 Å². The van der Waals surface area contributed by atoms with Crippen LogP contribution in [0.15, 0.2) is 84.9 Å². The van der Waals surface area contributed by atoms with Gasteiger partial charge in [-0.3, -0.25) is 9.59 Å². The summed E-state index contributed by atoms with van der Waals surface area (Å²) in [5.74, 6) is -0.662. The van der Waals surface area contributed by atoms with Crippen molar-refractivity contribution in [3.63, 3.8) is 0 Å². The van der Waals surface area contributed by atoms with Gasteiger partial charge < -0.3 is 10.6 Å². The summed E-state index contributed by atoms with van der Waals surface area (Å²) in [7, 11) is 0. The molecular weight excluding hydrogens is 367 g/mol. The number of hydrogen-bond donors (Lipinski definition) is 2. The lowest BCUT2D eigenvalue weighted by Crippen LogP contribution is -2.34. The van der Waals surface area contributed by atoms with Crippen molar-refractivity contribution >= 4 is 11.8 Å². The first kappa shape index (κ1) is 20.3. The molecule has 0 heterocycles. The summed E-state index contributed by atoms with van der Waals surface area (Å²) < 4.78 is 13.0. The molecular formula is C24H23FN2O2. The van der Waals surface area contributed by atoms with Gasteiger partial charge in [-0.2, -0.15) is 0 Å². The summed E-state index contributed by atoms with van der Waals surface area (Å²) in [6.07, 6.45) is 0.740. The monoisotopic (exact) mass is 390 g/mol. The van der Waals surface area contributed by atoms with Crippen molar-refractivity contribution < 1.29 is 14.0 Å². The van der Waals surface area contributed by atoms with E-state index in [1.54, 1.807) is 36.4 Å². The number of carbonyl (C=O) groups excluding carboxylic acids is 2. The molecule has 5 heteroatoms. The molecule has 1 atom stereocenters. The Morgan fingerprint density at radius 1 is 0.828 bits per heavy atom. The predicted octanol–water partition coefficient (Wildman–Crippen LogP) is 4.05. The van der Waals surface area contributed by atoms with Crippen molar-refractivity contribution in [2.45, 2.75) is 18.9 Å². The van der Waals surface area contributed by atoms with E-state index in [1.807, 2.05) is 36.4 Å². The summed E-state index contributed by atoms with van der Waals surface area (Å²) in [5.41, 5.74) is 2.36. The van der Waals surface area contributed by atoms with Gasteiger partial charge in [0.2, 0.25) is 5.91 Å². The second-order valence-corrected chi connectivity index (χ2v) is 6.73. The summed E-state index contributed by atoms with van der Waals surface area (Å²) >= 11 is 0. The minimum absolute atomic E-state index is 0.131. The zero-order valence-corrected chi connectivity index (χ0v) is 16.0. The zero-order valence-electron chi connectivity index (χ0n) is 16.0. The molecule has 0 saturated heterocycles. The van der Waals surface area contributed by atoms with Crippen LogP contribution in [0, 0.1) is 5.82 Å². The Hall–Kier alpha value is -3.47. The third-order valence-corrected chi connectivity index (χ3v) is 4.58. The van der Waals surface area contributed by atoms with Gasteiger partial charge in [0.05, 0.1) is 12.5 Å². The van der Waals surface area contributed by atoms with Crippen molar-refractivity contribution in [2.24, 2.45) is 0 Å². The van der Waals surface area contributed by atoms with E-state index in [9.17, 15) is 14.0 Å². The number of hydrogen-bond acceptors (Lipinski definition) is 2. The summed E-state index contributed by atoms with van der Waals surface area (Å²) in [6, 6.07) is 24.1. The van der Waals surface area contributed by atoms with E-state index < -0.39 is 6.04 Å². The third-order valence-electron chi connectivity index (χ3n) is 4.58. The number of benzene rings is 3. The minimum Gasteiger partial charge on any atom is -0.356 e. The predicted molar refractivity (Wildman–Crippen MR) is 111 cm³/mol. The van der Waals surface area contributed by atoms with Gasteiger partial charge in [-0.05, 0) is 41.8 Å². The van der Waals surface area contributed by atoms with Crippen molar-refractivity contribution in [2.75, 3.05) is 6.54 Å². The minimum atomic E-state index is -0.435. The quantitative estimate of drug-likeness (QED) is 0.610. The smallest absolute Gasteiger partial charge is 0.251 e. The Kier molecular flexibility index (Phi) is 7.11. The fourth-order valence-electron chi connectivity index (χ4n) is 3.02. The summed E-state index contributed by atoms with van der Waals surface area (Å²) in [5, 5.41) is 5.83. The Labute approximate surface area is 169 Å². The van der Waals surface area contributed by atoms with Crippen LogP contribution in [0.5, 0.6) is 0 Å². The maximum atomic E-state index is 13.0. The Bertz CT molecular complexity index is 928. The number of rotatable bonds is 8. The molecule has 3 aromatic carbocycles. The third kappa shape index (κ3) is 6.28. The Morgan fingerprint density at radius 2 is 1.45 bits per heavy atom. The van der Waals surface area contributed by atoms with Gasteiger partial charge in [0.15, 0.2) is 0 Å². The van der Waals surface area contributed by atoms with Gasteiger partial charge >= 0.3 is 0 Å². The van der Waals surface area contributed by atoms with Gasteiger partial charge in [-0.1, -0.05) is 60.7 Å². The maximum absolute atomic E-state index is 13.0. The van der Waals surface area contributed by atoms with Crippen molar-refractivity contribution in [3.8, 4) is 0 Å². The Morgan fingerprint density at radius 3 is 2.10 bits per heavy atom. The second-order valence-electron chi connectivity index (χ2n) is 6.73. The van der Waals surface area contributed by atoms with Gasteiger partial charge in [0.25, 0.3) is 5.91 Å². The van der Waals surface area contributed by atoms with Crippen LogP contribution in [-0.4, -0.2) is 18.4 Å². The first-order valence-corrected chi connectivity index (χ1v) is 9.54. The molecule has 0 aromatic heterocycles. The first-order valence-electron chi connectivity index (χ1n) is 9.54. The van der Waals surface area contributed by atoms with E-state index in [1.165, 1.54) is 12.1 Å². The lowest BCUT2D eigenvalue weighted by atomic mass is 10.0. The van der Waals surface area contributed by atoms with Crippen molar-refractivity contribution in [3.05, 3.63) is 107 Å². The molecule has 0 aliphatic rings. The van der Waals surface area contributed by atoms with E-state index in [2.05, 4.69) is 10.6 Å². The van der Waals surface area contributed by atoms with Crippen LogP contribution in [0.2, 0.25) is 0 Å². The van der Waals surface area contributed by atoms with Crippen LogP contribution in [0.3, 0.4) is 0 Å². The molecule has 29 heavy (non-hydrogen) atoms. The highest BCUT2D eigenvalue weighted by atomic mass is 19.1. The highest BCUT2D eigenvalue weighted by Gasteiger charge is 2.19. The summed E-state index contributed by atoms with van der Waals surface area (Å²) in [6.45, 7) is 0.443. The first-order chi connectivity index (χ1) is 14.1. The molecule has 0 spiro atoms. The van der Waals surface area contributed by atoms with E-state index in [0.29, 0.717) is 18.5 Å². The van der Waals surface area contributed by atoms with Crippen molar-refractivity contribution in [1.29, 1.82) is 0 Å². The van der Waals surface area contributed by atoms with Crippen LogP contribution >= 0.6 is 0 Å². The number of carbonyl (C=O) groups is 2. The van der Waals surface area contributed by atoms with Crippen LogP contribution in [0.25, 0.3) is 0 Å². The number of halogens is 1. The Balaban J connectivity index is 1.59. The molecule has 0 radical (unpaired) electrons. The van der Waals surface area contributed by atoms with E-state index in [4.69, 9.17) is 0 Å². The highest BCUT2D eigenvalue weighted by Crippen LogP contribution is 2.17. The van der Waals surface area contributed by atoms with Crippen molar-refractivity contribution in [1.82, 2.24) is 10.6 Å². The average molecular weight is 390 g/mol. The molecule has 0 unspecified atom stereocenters. The van der Waals surface area contributed by atoms with E-state index in [-0.39, 0.29) is 24.1 Å². The molecule has 4 nitrogen and oxygen atoms in total. The SMILES string of the molecule is O=C(C[C@@H](NC(=O)c1ccccc1)c1ccccc1)NCCc1ccc(F)cc1. The summed E-state index contributed by atoms with van der Waals surface area (Å²) in [4.78, 5) is 25.0. The molecule has 0 fully saturated rings. The molecule has 2 N–H and O–H groups in total. The van der Waals surface area contributed by atoms with Crippen LogP contribution < -0.4 is 10.6 Å². The topological polar surface area (TPSA) is 58.2 Å². The van der Waals surface area contributed by atoms with E-state index in [0.717, 1.165) is 11.1 Å². The van der Waals surface area contributed by atoms with Gasteiger partial charge in [-0.15, -0.1) is 0 Å². The molecule has 2 amide bonds. The van der Waals surface area contributed by atoms with E-state index >= 15 is 0 Å². The normalized spacial score (nSPS) is 11.5. The lowest BCUT2D eigenvalue weighted by Gasteiger charge is -2.19. The molecule has 0 saturated carbocycles. The molecule has 148 valence electrons. The fraction of sp³-hybridized carbons (Fsp3) is 0.167. The molecule has 0 bridgehead atoms. The van der Waals surface area contributed by atoms with Crippen LogP contribution in [-0.2, 0) is 11.2 Å². The number of nitrogens with one attached hydrogen (secondary N) is 2. The largest absolute Gasteiger partial charge is 0.356 e. The van der Waals surface area contributed by atoms with Crippen LogP contribution in [0.1, 0.15) is 33.9 Å². The average Bonchev–Trinajstić information content (AvgIpc) is 2.76. The molecule has 0 aliphatic carbocycles. The fourth-order valence-corrected chi connectivity index (χ4v) is 3.02. The molecule has 3 rings (SSSR count). The highest BCUT2D eigenvalue weighted by molar-refractivity contribution is 5.94. The van der Waals surface area contributed by atoms with Gasteiger partial charge in [-0.25, -0.2) is 4.39 Å². The lowest BCUT2D eigenvalue weighted by molar-refractivity contribution is -0.121. The number of amides is 2. The van der Waals surface area contributed by atoms with Crippen LogP contribution in [0.4, 0.5) is 4.39 Å². The zero-order chi connectivity index (χ0) is 20.5. The van der Waals surface area contributed by atoms with Gasteiger partial charge in [0, 0.05) is 12.1 Å². The molecule has 0 aliphatic heterocycles.